The van der Waals surface area contributed by atoms with E-state index in [0.29, 0.717) is 24.6 Å². The molecule has 26 heavy (non-hydrogen) atoms. The monoisotopic (exact) mass is 382 g/mol. The standard InChI is InChI=1S/C18H26N2O5S/c1-12(2)9-19-6-7-20(15-11-26(23,24)10-14(15)19)18(22)13-4-5-16(21)17(8-13)25-3/h4-5,8,12,14-15,21H,6-7,9-11H2,1-3H3/t14-,15+/m1/s1. The molecule has 144 valence electrons. The van der Waals surface area contributed by atoms with Crippen LogP contribution in [0.1, 0.15) is 24.2 Å². The lowest BCUT2D eigenvalue weighted by atomic mass is 10.0. The first-order chi connectivity index (χ1) is 12.2. The van der Waals surface area contributed by atoms with Gasteiger partial charge in [-0.15, -0.1) is 0 Å². The van der Waals surface area contributed by atoms with Crippen LogP contribution >= 0.6 is 0 Å². The molecule has 0 bridgehead atoms. The molecule has 2 heterocycles. The van der Waals surface area contributed by atoms with Gasteiger partial charge in [0.1, 0.15) is 0 Å². The van der Waals surface area contributed by atoms with Crippen molar-refractivity contribution in [3.05, 3.63) is 23.8 Å². The predicted octanol–water partition coefficient (Wildman–Crippen LogP) is 0.980. The van der Waals surface area contributed by atoms with Crippen LogP contribution in [-0.4, -0.2) is 79.6 Å². The van der Waals surface area contributed by atoms with Gasteiger partial charge in [-0.05, 0) is 24.1 Å². The number of piperazine rings is 1. The molecule has 7 nitrogen and oxygen atoms in total. The molecule has 2 aliphatic heterocycles. The number of ether oxygens (including phenoxy) is 1. The lowest BCUT2D eigenvalue weighted by Gasteiger charge is -2.44. The Morgan fingerprint density at radius 1 is 1.27 bits per heavy atom. The van der Waals surface area contributed by atoms with Gasteiger partial charge >= 0.3 is 0 Å². The molecular formula is C18H26N2O5S. The Kier molecular flexibility index (Phi) is 5.16. The van der Waals surface area contributed by atoms with E-state index in [1.165, 1.54) is 19.2 Å². The first-order valence-electron chi connectivity index (χ1n) is 8.84. The van der Waals surface area contributed by atoms with E-state index in [2.05, 4.69) is 18.7 Å². The lowest BCUT2D eigenvalue weighted by molar-refractivity contribution is 0.0297. The van der Waals surface area contributed by atoms with Crippen LogP contribution in [0.15, 0.2) is 18.2 Å². The Morgan fingerprint density at radius 2 is 1.96 bits per heavy atom. The quantitative estimate of drug-likeness (QED) is 0.835. The Labute approximate surface area is 154 Å². The maximum absolute atomic E-state index is 13.0. The summed E-state index contributed by atoms with van der Waals surface area (Å²) >= 11 is 0. The van der Waals surface area contributed by atoms with E-state index >= 15 is 0 Å². The molecule has 0 aliphatic carbocycles. The van der Waals surface area contributed by atoms with Crippen LogP contribution in [0.4, 0.5) is 0 Å². The number of benzene rings is 1. The van der Waals surface area contributed by atoms with E-state index < -0.39 is 9.84 Å². The summed E-state index contributed by atoms with van der Waals surface area (Å²) < 4.78 is 29.6. The molecule has 0 aromatic heterocycles. The van der Waals surface area contributed by atoms with Crippen molar-refractivity contribution in [1.82, 2.24) is 9.80 Å². The third kappa shape index (κ3) is 3.66. The number of aromatic hydroxyl groups is 1. The second-order valence-corrected chi connectivity index (χ2v) is 9.64. The number of amides is 1. The summed E-state index contributed by atoms with van der Waals surface area (Å²) in [4.78, 5) is 16.9. The normalized spacial score (nSPS) is 25.3. The van der Waals surface area contributed by atoms with E-state index in [0.717, 1.165) is 6.54 Å². The van der Waals surface area contributed by atoms with Crippen molar-refractivity contribution in [1.29, 1.82) is 0 Å². The average molecular weight is 382 g/mol. The Morgan fingerprint density at radius 3 is 2.62 bits per heavy atom. The van der Waals surface area contributed by atoms with Crippen molar-refractivity contribution in [2.45, 2.75) is 25.9 Å². The second kappa shape index (κ2) is 7.08. The summed E-state index contributed by atoms with van der Waals surface area (Å²) in [5.41, 5.74) is 0.389. The minimum Gasteiger partial charge on any atom is -0.504 e. The number of rotatable bonds is 4. The largest absolute Gasteiger partial charge is 0.504 e. The topological polar surface area (TPSA) is 87.2 Å². The zero-order chi connectivity index (χ0) is 19.1. The molecule has 1 aromatic carbocycles. The molecule has 0 spiro atoms. The van der Waals surface area contributed by atoms with Crippen LogP contribution in [-0.2, 0) is 9.84 Å². The molecule has 2 fully saturated rings. The van der Waals surface area contributed by atoms with E-state index in [1.807, 2.05) is 0 Å². The fraction of sp³-hybridized carbons (Fsp3) is 0.611. The van der Waals surface area contributed by atoms with Crippen LogP contribution in [0.25, 0.3) is 0 Å². The van der Waals surface area contributed by atoms with Gasteiger partial charge in [-0.25, -0.2) is 8.42 Å². The minimum absolute atomic E-state index is 0.00716. The second-order valence-electron chi connectivity index (χ2n) is 7.49. The Bertz CT molecular complexity index is 793. The first kappa shape index (κ1) is 19.0. The molecule has 1 amide bonds. The Balaban J connectivity index is 1.87. The first-order valence-corrected chi connectivity index (χ1v) is 10.7. The lowest BCUT2D eigenvalue weighted by Crippen LogP contribution is -2.61. The zero-order valence-electron chi connectivity index (χ0n) is 15.4. The highest BCUT2D eigenvalue weighted by atomic mass is 32.2. The summed E-state index contributed by atoms with van der Waals surface area (Å²) in [5, 5.41) is 9.73. The predicted molar refractivity (Wildman–Crippen MR) is 98.3 cm³/mol. The SMILES string of the molecule is COc1cc(C(=O)N2CCN(CC(C)C)[C@@H]3CS(=O)(=O)C[C@@H]32)ccc1O. The fourth-order valence-electron chi connectivity index (χ4n) is 3.95. The highest BCUT2D eigenvalue weighted by molar-refractivity contribution is 7.91. The third-order valence-corrected chi connectivity index (χ3v) is 6.78. The maximum atomic E-state index is 13.0. The number of sulfone groups is 1. The molecule has 8 heteroatoms. The highest BCUT2D eigenvalue weighted by Gasteiger charge is 2.48. The molecule has 0 radical (unpaired) electrons. The van der Waals surface area contributed by atoms with Crippen molar-refractivity contribution in [3.8, 4) is 11.5 Å². The fourth-order valence-corrected chi connectivity index (χ4v) is 5.96. The van der Waals surface area contributed by atoms with Gasteiger partial charge in [-0.1, -0.05) is 13.8 Å². The number of phenols is 1. The zero-order valence-corrected chi connectivity index (χ0v) is 16.2. The summed E-state index contributed by atoms with van der Waals surface area (Å²) in [6.45, 7) is 6.20. The van der Waals surface area contributed by atoms with E-state index in [4.69, 9.17) is 4.74 Å². The van der Waals surface area contributed by atoms with Gasteiger partial charge < -0.3 is 14.7 Å². The molecule has 2 aliphatic rings. The average Bonchev–Trinajstić information content (AvgIpc) is 2.90. The van der Waals surface area contributed by atoms with Crippen LogP contribution < -0.4 is 4.74 Å². The van der Waals surface area contributed by atoms with Gasteiger partial charge in [0.05, 0.1) is 24.7 Å². The number of phenolic OH excluding ortho intramolecular Hbond substituents is 1. The molecule has 0 saturated carbocycles. The Hall–Kier alpha value is -1.80. The van der Waals surface area contributed by atoms with Crippen molar-refractivity contribution in [2.24, 2.45) is 5.92 Å². The number of carbonyl (C=O) groups excluding carboxylic acids is 1. The molecule has 2 atom stereocenters. The molecule has 3 rings (SSSR count). The van der Waals surface area contributed by atoms with Crippen LogP contribution in [0, 0.1) is 5.92 Å². The molecule has 1 aromatic rings. The van der Waals surface area contributed by atoms with E-state index in [9.17, 15) is 18.3 Å². The van der Waals surface area contributed by atoms with Gasteiger partial charge in [0.15, 0.2) is 21.3 Å². The molecule has 0 unspecified atom stereocenters. The third-order valence-electron chi connectivity index (χ3n) is 5.08. The van der Waals surface area contributed by atoms with E-state index in [1.54, 1.807) is 11.0 Å². The maximum Gasteiger partial charge on any atom is 0.254 e. The molecular weight excluding hydrogens is 356 g/mol. The summed E-state index contributed by atoms with van der Waals surface area (Å²) in [5.74, 6) is 0.513. The number of methoxy groups -OCH3 is 1. The van der Waals surface area contributed by atoms with Gasteiger partial charge in [0, 0.05) is 31.2 Å². The number of hydrogen-bond acceptors (Lipinski definition) is 6. The van der Waals surface area contributed by atoms with Crippen molar-refractivity contribution in [2.75, 3.05) is 38.2 Å². The van der Waals surface area contributed by atoms with Crippen LogP contribution in [0.5, 0.6) is 11.5 Å². The van der Waals surface area contributed by atoms with E-state index in [-0.39, 0.29) is 41.0 Å². The number of hydrogen-bond donors (Lipinski definition) is 1. The molecule has 1 N–H and O–H groups in total. The van der Waals surface area contributed by atoms with Crippen LogP contribution in [0.2, 0.25) is 0 Å². The van der Waals surface area contributed by atoms with Gasteiger partial charge in [0.25, 0.3) is 5.91 Å². The van der Waals surface area contributed by atoms with Crippen LogP contribution in [0.3, 0.4) is 0 Å². The number of fused-ring (bicyclic) bond motifs is 1. The van der Waals surface area contributed by atoms with Gasteiger partial charge in [-0.2, -0.15) is 0 Å². The highest BCUT2D eigenvalue weighted by Crippen LogP contribution is 2.31. The van der Waals surface area contributed by atoms with Crippen molar-refractivity contribution < 1.29 is 23.1 Å². The molecule has 2 saturated heterocycles. The minimum atomic E-state index is -3.17. The van der Waals surface area contributed by atoms with Gasteiger partial charge in [0.2, 0.25) is 0 Å². The van der Waals surface area contributed by atoms with Crippen molar-refractivity contribution in [3.63, 3.8) is 0 Å². The smallest absolute Gasteiger partial charge is 0.254 e. The van der Waals surface area contributed by atoms with Crippen molar-refractivity contribution >= 4 is 15.7 Å². The number of carbonyl (C=O) groups is 1. The van der Waals surface area contributed by atoms with Gasteiger partial charge in [-0.3, -0.25) is 9.69 Å². The summed E-state index contributed by atoms with van der Waals surface area (Å²) in [7, 11) is -1.74. The number of nitrogens with zero attached hydrogens (tertiary/aromatic N) is 2. The summed E-state index contributed by atoms with van der Waals surface area (Å²) in [6.07, 6.45) is 0. The summed E-state index contributed by atoms with van der Waals surface area (Å²) in [6, 6.07) is 3.97.